The number of carbonyl (C=O) groups excluding carboxylic acids is 2. The molecule has 7 nitrogen and oxygen atoms in total. The molecule has 0 spiro atoms. The van der Waals surface area contributed by atoms with Gasteiger partial charge < -0.3 is 25.0 Å². The largest absolute Gasteiger partial charge is 0.573 e. The summed E-state index contributed by atoms with van der Waals surface area (Å²) >= 11 is 0. The van der Waals surface area contributed by atoms with Crippen molar-refractivity contribution in [2.24, 2.45) is 0 Å². The number of phenols is 2. The van der Waals surface area contributed by atoms with Gasteiger partial charge in [0.2, 0.25) is 0 Å². The van der Waals surface area contributed by atoms with Gasteiger partial charge in [-0.2, -0.15) is 0 Å². The number of nitrogens with one attached hydrogen (secondary N) is 1. The number of phenolic OH excluding ortho intramolecular Hbond substituents is 2. The molecular formula is C16H12F3NO6. The van der Waals surface area contributed by atoms with Crippen molar-refractivity contribution in [1.82, 2.24) is 0 Å². The van der Waals surface area contributed by atoms with E-state index in [0.717, 1.165) is 30.3 Å². The molecule has 0 aliphatic heterocycles. The molecule has 2 aromatic carbocycles. The van der Waals surface area contributed by atoms with Crippen LogP contribution in [0.25, 0.3) is 0 Å². The van der Waals surface area contributed by atoms with Crippen molar-refractivity contribution in [1.29, 1.82) is 0 Å². The summed E-state index contributed by atoms with van der Waals surface area (Å²) in [6.07, 6.45) is -4.82. The Morgan fingerprint density at radius 1 is 1.04 bits per heavy atom. The molecule has 1 amide bonds. The number of hydrogen-bond acceptors (Lipinski definition) is 6. The summed E-state index contributed by atoms with van der Waals surface area (Å²) in [6, 6.07) is 7.55. The van der Waals surface area contributed by atoms with Crippen molar-refractivity contribution in [3.05, 3.63) is 48.0 Å². The molecule has 0 aromatic heterocycles. The molecule has 0 heterocycles. The number of anilines is 1. The minimum absolute atomic E-state index is 0.160. The van der Waals surface area contributed by atoms with Gasteiger partial charge in [-0.3, -0.25) is 4.79 Å². The summed E-state index contributed by atoms with van der Waals surface area (Å²) in [5.41, 5.74) is -0.0858. The standard InChI is InChI=1S/C16H12F3NO6/c17-16(18,19)26-11-4-1-9(2-5-11)20-14(23)8-25-15(24)12-6-3-10(21)7-13(12)22/h1-7,21-22H,8H2,(H,20,23). The second-order valence-corrected chi connectivity index (χ2v) is 4.90. The molecule has 0 aliphatic carbocycles. The van der Waals surface area contributed by atoms with Crippen LogP contribution in [-0.2, 0) is 9.53 Å². The predicted molar refractivity (Wildman–Crippen MR) is 81.8 cm³/mol. The van der Waals surface area contributed by atoms with Crippen LogP contribution in [0, 0.1) is 0 Å². The molecule has 0 fully saturated rings. The minimum atomic E-state index is -4.82. The average molecular weight is 371 g/mol. The van der Waals surface area contributed by atoms with E-state index in [2.05, 4.69) is 10.1 Å². The molecule has 0 atom stereocenters. The summed E-state index contributed by atoms with van der Waals surface area (Å²) < 4.78 is 44.5. The Labute approximate surface area is 144 Å². The van der Waals surface area contributed by atoms with Gasteiger partial charge in [-0.25, -0.2) is 4.79 Å². The van der Waals surface area contributed by atoms with E-state index < -0.39 is 36.3 Å². The first-order valence-electron chi connectivity index (χ1n) is 6.99. The lowest BCUT2D eigenvalue weighted by Gasteiger charge is -2.10. The molecule has 0 aliphatic rings. The molecule has 138 valence electrons. The van der Waals surface area contributed by atoms with Crippen LogP contribution in [0.3, 0.4) is 0 Å². The van der Waals surface area contributed by atoms with E-state index in [0.29, 0.717) is 0 Å². The highest BCUT2D eigenvalue weighted by atomic mass is 19.4. The molecular weight excluding hydrogens is 359 g/mol. The van der Waals surface area contributed by atoms with Crippen molar-refractivity contribution in [2.45, 2.75) is 6.36 Å². The van der Waals surface area contributed by atoms with Crippen molar-refractivity contribution in [3.63, 3.8) is 0 Å². The number of ether oxygens (including phenoxy) is 2. The lowest BCUT2D eigenvalue weighted by molar-refractivity contribution is -0.274. The van der Waals surface area contributed by atoms with Crippen molar-refractivity contribution >= 4 is 17.6 Å². The second-order valence-electron chi connectivity index (χ2n) is 4.90. The van der Waals surface area contributed by atoms with Gasteiger partial charge in [0.1, 0.15) is 22.8 Å². The molecule has 26 heavy (non-hydrogen) atoms. The third-order valence-corrected chi connectivity index (χ3v) is 2.91. The van der Waals surface area contributed by atoms with E-state index in [9.17, 15) is 27.9 Å². The zero-order chi connectivity index (χ0) is 19.3. The van der Waals surface area contributed by atoms with Crippen LogP contribution in [-0.4, -0.2) is 35.1 Å². The Morgan fingerprint density at radius 3 is 2.27 bits per heavy atom. The molecule has 0 saturated heterocycles. The topological polar surface area (TPSA) is 105 Å². The Bertz CT molecular complexity index is 805. The molecule has 10 heteroatoms. The highest BCUT2D eigenvalue weighted by Crippen LogP contribution is 2.24. The summed E-state index contributed by atoms with van der Waals surface area (Å²) in [7, 11) is 0. The van der Waals surface area contributed by atoms with Gasteiger partial charge in [0.15, 0.2) is 6.61 Å². The predicted octanol–water partition coefficient (Wildman–Crippen LogP) is 2.79. The van der Waals surface area contributed by atoms with E-state index in [1.165, 1.54) is 12.1 Å². The number of benzene rings is 2. The molecule has 0 unspecified atom stereocenters. The van der Waals surface area contributed by atoms with Gasteiger partial charge in [0.05, 0.1) is 0 Å². The van der Waals surface area contributed by atoms with Gasteiger partial charge in [-0.05, 0) is 36.4 Å². The van der Waals surface area contributed by atoms with Crippen LogP contribution in [0.4, 0.5) is 18.9 Å². The minimum Gasteiger partial charge on any atom is -0.508 e. The fourth-order valence-corrected chi connectivity index (χ4v) is 1.84. The monoisotopic (exact) mass is 371 g/mol. The van der Waals surface area contributed by atoms with Gasteiger partial charge in [0, 0.05) is 11.8 Å². The number of rotatable bonds is 5. The number of alkyl halides is 3. The lowest BCUT2D eigenvalue weighted by Crippen LogP contribution is -2.21. The van der Waals surface area contributed by atoms with Crippen LogP contribution in [0.5, 0.6) is 17.2 Å². The zero-order valence-corrected chi connectivity index (χ0v) is 12.9. The zero-order valence-electron chi connectivity index (χ0n) is 12.9. The Hall–Kier alpha value is -3.43. The van der Waals surface area contributed by atoms with E-state index in [-0.39, 0.29) is 17.0 Å². The highest BCUT2D eigenvalue weighted by molar-refractivity contribution is 5.96. The first-order chi connectivity index (χ1) is 12.1. The maximum atomic E-state index is 12.0. The van der Waals surface area contributed by atoms with Gasteiger partial charge >= 0.3 is 12.3 Å². The quantitative estimate of drug-likeness (QED) is 0.698. The van der Waals surface area contributed by atoms with Crippen molar-refractivity contribution in [3.8, 4) is 17.2 Å². The van der Waals surface area contributed by atoms with Crippen LogP contribution in [0.1, 0.15) is 10.4 Å². The molecule has 0 radical (unpaired) electrons. The van der Waals surface area contributed by atoms with Crippen molar-refractivity contribution < 1.29 is 42.4 Å². The summed E-state index contributed by atoms with van der Waals surface area (Å²) in [5.74, 6) is -2.97. The smallest absolute Gasteiger partial charge is 0.508 e. The average Bonchev–Trinajstić information content (AvgIpc) is 2.53. The van der Waals surface area contributed by atoms with Gasteiger partial charge in [-0.1, -0.05) is 0 Å². The van der Waals surface area contributed by atoms with E-state index >= 15 is 0 Å². The number of amides is 1. The van der Waals surface area contributed by atoms with Crippen molar-refractivity contribution in [2.75, 3.05) is 11.9 Å². The summed E-state index contributed by atoms with van der Waals surface area (Å²) in [5, 5.41) is 21.0. The van der Waals surface area contributed by atoms with E-state index in [1.807, 2.05) is 0 Å². The van der Waals surface area contributed by atoms with Crippen LogP contribution in [0.15, 0.2) is 42.5 Å². The Kier molecular flexibility index (Phi) is 5.55. The Balaban J connectivity index is 1.87. The number of halogens is 3. The fraction of sp³-hybridized carbons (Fsp3) is 0.125. The molecule has 2 aromatic rings. The second kappa shape index (κ2) is 7.64. The highest BCUT2D eigenvalue weighted by Gasteiger charge is 2.30. The fourth-order valence-electron chi connectivity index (χ4n) is 1.84. The SMILES string of the molecule is O=C(COC(=O)c1ccc(O)cc1O)Nc1ccc(OC(F)(F)F)cc1. The van der Waals surface area contributed by atoms with E-state index in [4.69, 9.17) is 9.84 Å². The third-order valence-electron chi connectivity index (χ3n) is 2.91. The summed E-state index contributed by atoms with van der Waals surface area (Å²) in [4.78, 5) is 23.4. The van der Waals surface area contributed by atoms with Gasteiger partial charge in [0.25, 0.3) is 5.91 Å². The Morgan fingerprint density at radius 2 is 1.69 bits per heavy atom. The summed E-state index contributed by atoms with van der Waals surface area (Å²) in [6.45, 7) is -0.694. The van der Waals surface area contributed by atoms with Gasteiger partial charge in [-0.15, -0.1) is 13.2 Å². The van der Waals surface area contributed by atoms with Crippen LogP contribution in [0.2, 0.25) is 0 Å². The molecule has 0 bridgehead atoms. The molecule has 0 saturated carbocycles. The lowest BCUT2D eigenvalue weighted by atomic mass is 10.2. The number of esters is 1. The third kappa shape index (κ3) is 5.58. The van der Waals surface area contributed by atoms with E-state index in [1.54, 1.807) is 0 Å². The van der Waals surface area contributed by atoms with Crippen LogP contribution >= 0.6 is 0 Å². The molecule has 3 N–H and O–H groups in total. The maximum Gasteiger partial charge on any atom is 0.573 e. The first-order valence-corrected chi connectivity index (χ1v) is 6.99. The maximum absolute atomic E-state index is 12.0. The first kappa shape index (κ1) is 18.9. The number of aromatic hydroxyl groups is 2. The normalized spacial score (nSPS) is 10.9. The number of carbonyl (C=O) groups is 2. The number of hydrogen-bond donors (Lipinski definition) is 3. The molecule has 2 rings (SSSR count). The van der Waals surface area contributed by atoms with Crippen LogP contribution < -0.4 is 10.1 Å².